The molecule has 0 unspecified atom stereocenters. The summed E-state index contributed by atoms with van der Waals surface area (Å²) in [7, 11) is -2.74. The topological polar surface area (TPSA) is 37.4 Å². The maximum absolute atomic E-state index is 10.6. The standard InChI is InChI=1S/C6H13NO2S/c1-10(8,9)6-5-7-3-2-4-7/h2-6H2,1H3. The van der Waals surface area contributed by atoms with Gasteiger partial charge in [0.2, 0.25) is 0 Å². The lowest BCUT2D eigenvalue weighted by Gasteiger charge is -2.30. The number of hydrogen-bond donors (Lipinski definition) is 0. The molecule has 1 aliphatic heterocycles. The minimum absolute atomic E-state index is 0.312. The Kier molecular flexibility index (Phi) is 2.31. The molecule has 0 amide bonds. The predicted molar refractivity (Wildman–Crippen MR) is 40.8 cm³/mol. The fourth-order valence-corrected chi connectivity index (χ4v) is 1.49. The van der Waals surface area contributed by atoms with Crippen molar-refractivity contribution >= 4 is 9.84 Å². The second-order valence-electron chi connectivity index (χ2n) is 2.83. The van der Waals surface area contributed by atoms with E-state index < -0.39 is 9.84 Å². The number of likely N-dealkylation sites (tertiary alicyclic amines) is 1. The molecule has 0 aromatic rings. The lowest BCUT2D eigenvalue weighted by atomic mass is 10.2. The molecule has 0 aromatic carbocycles. The van der Waals surface area contributed by atoms with E-state index in [1.807, 2.05) is 0 Å². The van der Waals surface area contributed by atoms with Crippen molar-refractivity contribution < 1.29 is 8.42 Å². The number of sulfone groups is 1. The molecule has 0 aliphatic carbocycles. The van der Waals surface area contributed by atoms with E-state index in [2.05, 4.69) is 4.90 Å². The third-order valence-electron chi connectivity index (χ3n) is 1.73. The van der Waals surface area contributed by atoms with Crippen molar-refractivity contribution in [2.75, 3.05) is 31.6 Å². The van der Waals surface area contributed by atoms with Crippen LogP contribution in [0.1, 0.15) is 6.42 Å². The zero-order valence-corrected chi connectivity index (χ0v) is 7.02. The fraction of sp³-hybridized carbons (Fsp3) is 1.00. The van der Waals surface area contributed by atoms with E-state index in [4.69, 9.17) is 0 Å². The van der Waals surface area contributed by atoms with Gasteiger partial charge in [-0.15, -0.1) is 0 Å². The van der Waals surface area contributed by atoms with Crippen LogP contribution < -0.4 is 0 Å². The first kappa shape index (κ1) is 8.01. The van der Waals surface area contributed by atoms with E-state index in [-0.39, 0.29) is 0 Å². The van der Waals surface area contributed by atoms with Crippen LogP contribution in [0.4, 0.5) is 0 Å². The van der Waals surface area contributed by atoms with Crippen molar-refractivity contribution in [3.8, 4) is 0 Å². The van der Waals surface area contributed by atoms with Crippen molar-refractivity contribution in [3.63, 3.8) is 0 Å². The lowest BCUT2D eigenvalue weighted by Crippen LogP contribution is -2.40. The Morgan fingerprint density at radius 2 is 2.00 bits per heavy atom. The molecule has 0 saturated carbocycles. The zero-order chi connectivity index (χ0) is 7.61. The molecule has 1 aliphatic rings. The molecular formula is C6H13NO2S. The molecule has 1 fully saturated rings. The molecule has 1 heterocycles. The van der Waals surface area contributed by atoms with E-state index in [1.165, 1.54) is 12.7 Å². The van der Waals surface area contributed by atoms with Gasteiger partial charge in [-0.2, -0.15) is 0 Å². The van der Waals surface area contributed by atoms with Crippen LogP contribution in [0.15, 0.2) is 0 Å². The summed E-state index contributed by atoms with van der Waals surface area (Å²) in [6.45, 7) is 2.88. The molecule has 0 radical (unpaired) electrons. The average Bonchev–Trinajstić information content (AvgIpc) is 1.56. The molecule has 10 heavy (non-hydrogen) atoms. The summed E-state index contributed by atoms with van der Waals surface area (Å²) >= 11 is 0. The molecule has 0 N–H and O–H groups in total. The van der Waals surface area contributed by atoms with Gasteiger partial charge in [-0.3, -0.25) is 0 Å². The van der Waals surface area contributed by atoms with Crippen LogP contribution in [0, 0.1) is 0 Å². The molecule has 4 heteroatoms. The van der Waals surface area contributed by atoms with Crippen LogP contribution in [-0.4, -0.2) is 45.0 Å². The van der Waals surface area contributed by atoms with Crippen LogP contribution in [0.5, 0.6) is 0 Å². The van der Waals surface area contributed by atoms with Crippen LogP contribution in [0.25, 0.3) is 0 Å². The number of hydrogen-bond acceptors (Lipinski definition) is 3. The van der Waals surface area contributed by atoms with Gasteiger partial charge >= 0.3 is 0 Å². The summed E-state index contributed by atoms with van der Waals surface area (Å²) < 4.78 is 21.3. The Morgan fingerprint density at radius 1 is 1.40 bits per heavy atom. The summed E-state index contributed by atoms with van der Waals surface area (Å²) in [4.78, 5) is 2.15. The first-order valence-corrected chi connectivity index (χ1v) is 5.54. The molecule has 1 saturated heterocycles. The first-order valence-electron chi connectivity index (χ1n) is 3.48. The van der Waals surface area contributed by atoms with Gasteiger partial charge in [0.15, 0.2) is 0 Å². The smallest absolute Gasteiger partial charge is 0.148 e. The molecule has 0 atom stereocenters. The SMILES string of the molecule is CS(=O)(=O)CCN1CCC1. The Morgan fingerprint density at radius 3 is 2.30 bits per heavy atom. The summed E-state index contributed by atoms with van der Waals surface area (Å²) in [5.41, 5.74) is 0. The maximum Gasteiger partial charge on any atom is 0.148 e. The normalized spacial score (nSPS) is 20.5. The second kappa shape index (κ2) is 2.88. The van der Waals surface area contributed by atoms with E-state index in [1.54, 1.807) is 0 Å². The average molecular weight is 163 g/mol. The highest BCUT2D eigenvalue weighted by molar-refractivity contribution is 7.90. The fourth-order valence-electron chi connectivity index (χ4n) is 0.900. The molecule has 0 aromatic heterocycles. The first-order chi connectivity index (χ1) is 4.58. The molecule has 0 bridgehead atoms. The van der Waals surface area contributed by atoms with Crippen LogP contribution >= 0.6 is 0 Å². The van der Waals surface area contributed by atoms with E-state index in [0.717, 1.165) is 19.6 Å². The van der Waals surface area contributed by atoms with Gasteiger partial charge in [-0.1, -0.05) is 0 Å². The molecule has 3 nitrogen and oxygen atoms in total. The Labute approximate surface area is 61.9 Å². The van der Waals surface area contributed by atoms with Gasteiger partial charge in [-0.05, 0) is 19.5 Å². The molecule has 0 spiro atoms. The molecular weight excluding hydrogens is 150 g/mol. The van der Waals surface area contributed by atoms with E-state index in [9.17, 15) is 8.42 Å². The van der Waals surface area contributed by atoms with Gasteiger partial charge in [0, 0.05) is 12.8 Å². The summed E-state index contributed by atoms with van der Waals surface area (Å²) in [5, 5.41) is 0. The van der Waals surface area contributed by atoms with Gasteiger partial charge in [-0.25, -0.2) is 8.42 Å². The van der Waals surface area contributed by atoms with E-state index in [0.29, 0.717) is 5.75 Å². The molecule has 60 valence electrons. The predicted octanol–water partition coefficient (Wildman–Crippen LogP) is -0.263. The highest BCUT2D eigenvalue weighted by atomic mass is 32.2. The van der Waals surface area contributed by atoms with Crippen LogP contribution in [-0.2, 0) is 9.84 Å². The van der Waals surface area contributed by atoms with Crippen LogP contribution in [0.3, 0.4) is 0 Å². The highest BCUT2D eigenvalue weighted by Crippen LogP contribution is 2.04. The Balaban J connectivity index is 2.16. The summed E-state index contributed by atoms with van der Waals surface area (Å²) in [5.74, 6) is 0.312. The zero-order valence-electron chi connectivity index (χ0n) is 6.21. The third-order valence-corrected chi connectivity index (χ3v) is 2.65. The largest absolute Gasteiger partial charge is 0.302 e. The lowest BCUT2D eigenvalue weighted by molar-refractivity contribution is 0.193. The van der Waals surface area contributed by atoms with Crippen molar-refractivity contribution in [2.45, 2.75) is 6.42 Å². The number of rotatable bonds is 3. The Bertz CT molecular complexity index is 194. The second-order valence-corrected chi connectivity index (χ2v) is 5.08. The van der Waals surface area contributed by atoms with Gasteiger partial charge in [0.1, 0.15) is 9.84 Å². The van der Waals surface area contributed by atoms with Crippen molar-refractivity contribution in [1.82, 2.24) is 4.90 Å². The van der Waals surface area contributed by atoms with Crippen molar-refractivity contribution in [3.05, 3.63) is 0 Å². The van der Waals surface area contributed by atoms with Crippen molar-refractivity contribution in [2.24, 2.45) is 0 Å². The van der Waals surface area contributed by atoms with E-state index >= 15 is 0 Å². The van der Waals surface area contributed by atoms with Gasteiger partial charge in [0.05, 0.1) is 5.75 Å². The maximum atomic E-state index is 10.6. The monoisotopic (exact) mass is 163 g/mol. The van der Waals surface area contributed by atoms with Crippen molar-refractivity contribution in [1.29, 1.82) is 0 Å². The summed E-state index contributed by atoms with van der Waals surface area (Å²) in [6, 6.07) is 0. The minimum Gasteiger partial charge on any atom is -0.302 e. The number of nitrogens with zero attached hydrogens (tertiary/aromatic N) is 1. The molecule has 1 rings (SSSR count). The van der Waals surface area contributed by atoms with Gasteiger partial charge < -0.3 is 4.90 Å². The highest BCUT2D eigenvalue weighted by Gasteiger charge is 2.14. The minimum atomic E-state index is -2.74. The third kappa shape index (κ3) is 2.66. The van der Waals surface area contributed by atoms with Crippen LogP contribution in [0.2, 0.25) is 0 Å². The van der Waals surface area contributed by atoms with Gasteiger partial charge in [0.25, 0.3) is 0 Å². The summed E-state index contributed by atoms with van der Waals surface area (Å²) in [6.07, 6.45) is 2.51. The Hall–Kier alpha value is -0.0900. The quantitative estimate of drug-likeness (QED) is 0.575.